The maximum atomic E-state index is 12.5. The molecule has 3 saturated heterocycles. The zero-order chi connectivity index (χ0) is 19.2. The van der Waals surface area contributed by atoms with Crippen LogP contribution in [0.4, 0.5) is 5.69 Å². The number of carbonyl (C=O) groups is 1. The molecule has 3 aliphatic rings. The van der Waals surface area contributed by atoms with Crippen LogP contribution in [-0.4, -0.2) is 62.1 Å². The highest BCUT2D eigenvalue weighted by molar-refractivity contribution is 8.16. The van der Waals surface area contributed by atoms with Crippen molar-refractivity contribution in [3.63, 3.8) is 0 Å². The summed E-state index contributed by atoms with van der Waals surface area (Å²) in [5.41, 5.74) is 0.612. The Labute approximate surface area is 167 Å². The SMILES string of the molecule is COc1ccc(Cl)cc1N1C(=NC(=O)[C@@H]2CCCO2)S[C@H]2CS(=O)(=O)C[C@H]21. The van der Waals surface area contributed by atoms with Crippen LogP contribution >= 0.6 is 23.4 Å². The topological polar surface area (TPSA) is 85.3 Å². The lowest BCUT2D eigenvalue weighted by Crippen LogP contribution is -2.38. The summed E-state index contributed by atoms with van der Waals surface area (Å²) in [5, 5.41) is 0.778. The Kier molecular flexibility index (Phi) is 5.13. The third-order valence-electron chi connectivity index (χ3n) is 4.88. The van der Waals surface area contributed by atoms with E-state index >= 15 is 0 Å². The number of anilines is 1. The summed E-state index contributed by atoms with van der Waals surface area (Å²) in [5.74, 6) is 0.286. The average molecular weight is 431 g/mol. The molecule has 3 atom stereocenters. The van der Waals surface area contributed by atoms with E-state index in [0.717, 1.165) is 6.42 Å². The molecule has 0 spiro atoms. The van der Waals surface area contributed by atoms with Crippen LogP contribution in [0.3, 0.4) is 0 Å². The number of ether oxygens (including phenoxy) is 2. The average Bonchev–Trinajstić information content (AvgIpc) is 3.29. The summed E-state index contributed by atoms with van der Waals surface area (Å²) < 4.78 is 35.2. The number of hydrogen-bond acceptors (Lipinski definition) is 6. The van der Waals surface area contributed by atoms with Crippen LogP contribution in [0.1, 0.15) is 12.8 Å². The van der Waals surface area contributed by atoms with Gasteiger partial charge in [-0.1, -0.05) is 23.4 Å². The summed E-state index contributed by atoms with van der Waals surface area (Å²) in [6.07, 6.45) is 0.969. The Morgan fingerprint density at radius 1 is 1.41 bits per heavy atom. The molecule has 1 amide bonds. The van der Waals surface area contributed by atoms with Gasteiger partial charge in [-0.05, 0) is 31.0 Å². The molecular weight excluding hydrogens is 412 g/mol. The zero-order valence-corrected chi connectivity index (χ0v) is 17.0. The fraction of sp³-hybridized carbons (Fsp3) is 0.529. The van der Waals surface area contributed by atoms with E-state index < -0.39 is 15.9 Å². The van der Waals surface area contributed by atoms with Crippen molar-refractivity contribution in [2.45, 2.75) is 30.2 Å². The van der Waals surface area contributed by atoms with Crippen LogP contribution in [0.5, 0.6) is 5.75 Å². The van der Waals surface area contributed by atoms with Crippen LogP contribution in [0, 0.1) is 0 Å². The largest absolute Gasteiger partial charge is 0.495 e. The first-order valence-electron chi connectivity index (χ1n) is 8.62. The minimum Gasteiger partial charge on any atom is -0.495 e. The Morgan fingerprint density at radius 2 is 2.22 bits per heavy atom. The molecule has 3 fully saturated rings. The summed E-state index contributed by atoms with van der Waals surface area (Å²) >= 11 is 7.49. The number of amides is 1. The van der Waals surface area contributed by atoms with E-state index in [4.69, 9.17) is 21.1 Å². The van der Waals surface area contributed by atoms with Crippen LogP contribution < -0.4 is 9.64 Å². The van der Waals surface area contributed by atoms with Crippen LogP contribution in [0.15, 0.2) is 23.2 Å². The lowest BCUT2D eigenvalue weighted by Gasteiger charge is -2.26. The molecule has 0 bridgehead atoms. The molecule has 0 aliphatic carbocycles. The number of carbonyl (C=O) groups excluding carboxylic acids is 1. The quantitative estimate of drug-likeness (QED) is 0.726. The van der Waals surface area contributed by atoms with E-state index in [1.807, 2.05) is 0 Å². The Bertz CT molecular complexity index is 899. The molecule has 10 heteroatoms. The highest BCUT2D eigenvalue weighted by atomic mass is 35.5. The molecule has 4 rings (SSSR count). The van der Waals surface area contributed by atoms with Crippen molar-refractivity contribution in [2.75, 3.05) is 30.1 Å². The minimum atomic E-state index is -3.14. The highest BCUT2D eigenvalue weighted by Gasteiger charge is 2.50. The Hall–Kier alpha value is -1.29. The third kappa shape index (κ3) is 3.70. The number of nitrogens with zero attached hydrogens (tertiary/aromatic N) is 2. The molecule has 27 heavy (non-hydrogen) atoms. The molecule has 0 saturated carbocycles. The molecule has 1 aromatic rings. The molecule has 1 aromatic carbocycles. The monoisotopic (exact) mass is 430 g/mol. The molecule has 146 valence electrons. The second kappa shape index (κ2) is 7.27. The van der Waals surface area contributed by atoms with Crippen LogP contribution in [-0.2, 0) is 19.4 Å². The molecule has 0 N–H and O–H groups in total. The van der Waals surface area contributed by atoms with E-state index in [1.165, 1.54) is 18.9 Å². The molecule has 0 radical (unpaired) electrons. The molecular formula is C17H19ClN2O5S2. The van der Waals surface area contributed by atoms with E-state index in [9.17, 15) is 13.2 Å². The molecule has 0 aromatic heterocycles. The minimum absolute atomic E-state index is 0.00741. The fourth-order valence-electron chi connectivity index (χ4n) is 3.64. The maximum absolute atomic E-state index is 12.5. The lowest BCUT2D eigenvalue weighted by molar-refractivity contribution is -0.126. The summed E-state index contributed by atoms with van der Waals surface area (Å²) in [4.78, 5) is 18.6. The smallest absolute Gasteiger partial charge is 0.277 e. The maximum Gasteiger partial charge on any atom is 0.277 e. The van der Waals surface area contributed by atoms with Gasteiger partial charge in [0.1, 0.15) is 11.9 Å². The van der Waals surface area contributed by atoms with E-state index in [-0.39, 0.29) is 28.7 Å². The molecule has 3 heterocycles. The van der Waals surface area contributed by atoms with Gasteiger partial charge in [-0.2, -0.15) is 4.99 Å². The number of benzene rings is 1. The van der Waals surface area contributed by atoms with Gasteiger partial charge in [0.25, 0.3) is 5.91 Å². The van der Waals surface area contributed by atoms with Crippen molar-refractivity contribution in [3.05, 3.63) is 23.2 Å². The normalized spacial score (nSPS) is 30.7. The van der Waals surface area contributed by atoms with Gasteiger partial charge in [0.15, 0.2) is 15.0 Å². The number of thioether (sulfide) groups is 1. The first-order valence-corrected chi connectivity index (χ1v) is 11.7. The van der Waals surface area contributed by atoms with Gasteiger partial charge >= 0.3 is 0 Å². The van der Waals surface area contributed by atoms with E-state index in [2.05, 4.69) is 4.99 Å². The number of hydrogen-bond donors (Lipinski definition) is 0. The fourth-order valence-corrected chi connectivity index (χ4v) is 7.71. The summed E-state index contributed by atoms with van der Waals surface area (Å²) in [7, 11) is -1.61. The van der Waals surface area contributed by atoms with E-state index in [1.54, 1.807) is 23.1 Å². The van der Waals surface area contributed by atoms with Gasteiger partial charge < -0.3 is 14.4 Å². The number of fused-ring (bicyclic) bond motifs is 1. The van der Waals surface area contributed by atoms with Crippen molar-refractivity contribution in [1.82, 2.24) is 0 Å². The van der Waals surface area contributed by atoms with Crippen molar-refractivity contribution in [1.29, 1.82) is 0 Å². The van der Waals surface area contributed by atoms with Gasteiger partial charge in [-0.3, -0.25) is 4.79 Å². The second-order valence-corrected chi connectivity index (χ2v) is 10.5. The third-order valence-corrected chi connectivity index (χ3v) is 8.32. The van der Waals surface area contributed by atoms with Crippen LogP contribution in [0.25, 0.3) is 0 Å². The number of sulfone groups is 1. The number of halogens is 1. The second-order valence-electron chi connectivity index (χ2n) is 6.72. The standard InChI is InChI=1S/C17H19ClN2O5S2/c1-24-13-5-4-10(18)7-11(13)20-12-8-27(22,23)9-15(12)26-17(20)19-16(21)14-3-2-6-25-14/h4-5,7,12,14-15H,2-3,6,8-9H2,1H3/t12-,14+,15+/m1/s1. The molecule has 0 unspecified atom stereocenters. The first-order chi connectivity index (χ1) is 12.9. The predicted octanol–water partition coefficient (Wildman–Crippen LogP) is 2.13. The van der Waals surface area contributed by atoms with Crippen LogP contribution in [0.2, 0.25) is 5.02 Å². The lowest BCUT2D eigenvalue weighted by atomic mass is 10.2. The number of amidine groups is 1. The van der Waals surface area contributed by atoms with Crippen molar-refractivity contribution < 1.29 is 22.7 Å². The Balaban J connectivity index is 1.75. The van der Waals surface area contributed by atoms with E-state index in [0.29, 0.717) is 34.7 Å². The highest BCUT2D eigenvalue weighted by Crippen LogP contribution is 2.44. The van der Waals surface area contributed by atoms with Gasteiger partial charge in [0, 0.05) is 16.9 Å². The van der Waals surface area contributed by atoms with Crippen molar-refractivity contribution in [2.24, 2.45) is 4.99 Å². The van der Waals surface area contributed by atoms with Gasteiger partial charge in [0.05, 0.1) is 30.3 Å². The van der Waals surface area contributed by atoms with Crippen molar-refractivity contribution >= 4 is 50.0 Å². The summed E-state index contributed by atoms with van der Waals surface area (Å²) in [6.45, 7) is 0.559. The predicted molar refractivity (Wildman–Crippen MR) is 106 cm³/mol. The van der Waals surface area contributed by atoms with Gasteiger partial charge in [-0.15, -0.1) is 0 Å². The first kappa shape index (κ1) is 19.0. The molecule has 3 aliphatic heterocycles. The Morgan fingerprint density at radius 3 is 2.93 bits per heavy atom. The zero-order valence-electron chi connectivity index (χ0n) is 14.6. The number of aliphatic imine (C=N–C) groups is 1. The summed E-state index contributed by atoms with van der Waals surface area (Å²) in [6, 6.07) is 4.81. The van der Waals surface area contributed by atoms with Gasteiger partial charge in [-0.25, -0.2) is 8.42 Å². The number of methoxy groups -OCH3 is 1. The van der Waals surface area contributed by atoms with Crippen molar-refractivity contribution in [3.8, 4) is 5.75 Å². The number of rotatable bonds is 3. The molecule has 7 nitrogen and oxygen atoms in total. The van der Waals surface area contributed by atoms with Gasteiger partial charge in [0.2, 0.25) is 0 Å².